The summed E-state index contributed by atoms with van der Waals surface area (Å²) in [7, 11) is -2.34. The highest BCUT2D eigenvalue weighted by atomic mass is 32.2. The smallest absolute Gasteiger partial charge is 0.241 e. The molecular formula is C17H22N2O5S. The Labute approximate surface area is 147 Å². The third-order valence-electron chi connectivity index (χ3n) is 3.62. The van der Waals surface area contributed by atoms with Crippen LogP contribution < -0.4 is 14.8 Å². The van der Waals surface area contributed by atoms with Gasteiger partial charge in [0.2, 0.25) is 15.9 Å². The van der Waals surface area contributed by atoms with Gasteiger partial charge in [0.1, 0.15) is 17.6 Å². The van der Waals surface area contributed by atoms with Gasteiger partial charge in [0.25, 0.3) is 0 Å². The van der Waals surface area contributed by atoms with Crippen LogP contribution in [0.2, 0.25) is 0 Å². The topological polar surface area (TPSA) is 97.6 Å². The molecule has 0 aliphatic heterocycles. The monoisotopic (exact) mass is 366 g/mol. The van der Waals surface area contributed by atoms with Crippen molar-refractivity contribution in [3.8, 4) is 5.75 Å². The van der Waals surface area contributed by atoms with Gasteiger partial charge in [-0.15, -0.1) is 0 Å². The van der Waals surface area contributed by atoms with E-state index in [1.54, 1.807) is 38.1 Å². The summed E-state index contributed by atoms with van der Waals surface area (Å²) in [5.74, 6) is 0.498. The fourth-order valence-corrected chi connectivity index (χ4v) is 3.52. The molecule has 1 atom stereocenters. The molecule has 0 spiro atoms. The van der Waals surface area contributed by atoms with E-state index in [2.05, 4.69) is 10.0 Å². The van der Waals surface area contributed by atoms with E-state index >= 15 is 0 Å². The zero-order valence-corrected chi connectivity index (χ0v) is 15.2. The van der Waals surface area contributed by atoms with Gasteiger partial charge >= 0.3 is 0 Å². The van der Waals surface area contributed by atoms with Gasteiger partial charge in [0, 0.05) is 0 Å². The number of methoxy groups -OCH3 is 1. The van der Waals surface area contributed by atoms with Gasteiger partial charge in [0.15, 0.2) is 0 Å². The summed E-state index contributed by atoms with van der Waals surface area (Å²) in [5.41, 5.74) is 0. The standard InChI is InChI=1S/C17H22N2O5S/c1-12(2)16(17(20)18-11-14-5-4-10-24-14)19-25(21,22)15-8-6-13(23-3)7-9-15/h4-10,12,16,19H,11H2,1-3H3,(H,18,20)/t16-/m0/s1. The third kappa shape index (κ3) is 5.07. The number of furan rings is 1. The van der Waals surface area contributed by atoms with Crippen LogP contribution in [0.1, 0.15) is 19.6 Å². The zero-order chi connectivity index (χ0) is 18.4. The second-order valence-electron chi connectivity index (χ2n) is 5.82. The number of carbonyl (C=O) groups is 1. The molecule has 0 bridgehead atoms. The Kier molecular flexibility index (Phi) is 6.22. The number of benzene rings is 1. The molecule has 1 heterocycles. The first-order valence-corrected chi connectivity index (χ1v) is 9.28. The van der Waals surface area contributed by atoms with Crippen LogP contribution in [0.5, 0.6) is 5.75 Å². The summed E-state index contributed by atoms with van der Waals surface area (Å²) in [5, 5.41) is 2.68. The number of rotatable bonds is 8. The fraction of sp³-hybridized carbons (Fsp3) is 0.353. The van der Waals surface area contributed by atoms with Gasteiger partial charge in [-0.05, 0) is 42.3 Å². The Bertz CT molecular complexity index is 783. The molecule has 25 heavy (non-hydrogen) atoms. The van der Waals surface area contributed by atoms with Crippen LogP contribution in [0.4, 0.5) is 0 Å². The van der Waals surface area contributed by atoms with E-state index in [-0.39, 0.29) is 17.4 Å². The molecule has 1 aromatic heterocycles. The minimum absolute atomic E-state index is 0.0674. The van der Waals surface area contributed by atoms with Crippen LogP contribution in [0, 0.1) is 5.92 Å². The summed E-state index contributed by atoms with van der Waals surface area (Å²) in [4.78, 5) is 12.5. The average Bonchev–Trinajstić information content (AvgIpc) is 3.11. The van der Waals surface area contributed by atoms with Gasteiger partial charge in [-0.2, -0.15) is 4.72 Å². The largest absolute Gasteiger partial charge is 0.497 e. The Morgan fingerprint density at radius 3 is 2.40 bits per heavy atom. The highest BCUT2D eigenvalue weighted by Gasteiger charge is 2.28. The van der Waals surface area contributed by atoms with Crippen LogP contribution in [-0.4, -0.2) is 27.5 Å². The van der Waals surface area contributed by atoms with E-state index in [4.69, 9.17) is 9.15 Å². The lowest BCUT2D eigenvalue weighted by atomic mass is 10.1. The Balaban J connectivity index is 2.09. The van der Waals surface area contributed by atoms with Crippen LogP contribution >= 0.6 is 0 Å². The van der Waals surface area contributed by atoms with Crippen molar-refractivity contribution in [3.63, 3.8) is 0 Å². The highest BCUT2D eigenvalue weighted by molar-refractivity contribution is 7.89. The lowest BCUT2D eigenvalue weighted by Crippen LogP contribution is -2.49. The number of sulfonamides is 1. The summed E-state index contributed by atoms with van der Waals surface area (Å²) in [6, 6.07) is 8.51. The van der Waals surface area contributed by atoms with Crippen LogP contribution in [0.3, 0.4) is 0 Å². The van der Waals surface area contributed by atoms with Gasteiger partial charge < -0.3 is 14.5 Å². The number of amides is 1. The average molecular weight is 366 g/mol. The summed E-state index contributed by atoms with van der Waals surface area (Å²) in [6.07, 6.45) is 1.51. The maximum absolute atomic E-state index is 12.5. The van der Waals surface area contributed by atoms with Crippen molar-refractivity contribution < 1.29 is 22.4 Å². The molecular weight excluding hydrogens is 344 g/mol. The van der Waals surface area contributed by atoms with Crippen molar-refractivity contribution >= 4 is 15.9 Å². The molecule has 0 radical (unpaired) electrons. The molecule has 1 aromatic carbocycles. The fourth-order valence-electron chi connectivity index (χ4n) is 2.18. The predicted molar refractivity (Wildman–Crippen MR) is 92.5 cm³/mol. The number of nitrogens with one attached hydrogen (secondary N) is 2. The van der Waals surface area contributed by atoms with Crippen molar-refractivity contribution in [2.75, 3.05) is 7.11 Å². The SMILES string of the molecule is COc1ccc(S(=O)(=O)N[C@H](C(=O)NCc2ccco2)C(C)C)cc1. The second-order valence-corrected chi connectivity index (χ2v) is 7.53. The lowest BCUT2D eigenvalue weighted by molar-refractivity contribution is -0.123. The molecule has 2 aromatic rings. The first kappa shape index (κ1) is 19.0. The van der Waals surface area contributed by atoms with E-state index in [0.717, 1.165) is 0 Å². The molecule has 0 fully saturated rings. The van der Waals surface area contributed by atoms with Gasteiger partial charge in [-0.25, -0.2) is 8.42 Å². The molecule has 2 rings (SSSR count). The summed E-state index contributed by atoms with van der Waals surface area (Å²) < 4.78 is 37.7. The van der Waals surface area contributed by atoms with E-state index < -0.39 is 22.0 Å². The first-order valence-electron chi connectivity index (χ1n) is 7.80. The minimum Gasteiger partial charge on any atom is -0.497 e. The zero-order valence-electron chi connectivity index (χ0n) is 14.4. The normalized spacial score (nSPS) is 12.8. The Morgan fingerprint density at radius 1 is 1.20 bits per heavy atom. The number of carbonyl (C=O) groups excluding carboxylic acids is 1. The lowest BCUT2D eigenvalue weighted by Gasteiger charge is -2.21. The highest BCUT2D eigenvalue weighted by Crippen LogP contribution is 2.17. The van der Waals surface area contributed by atoms with Crippen LogP contribution in [-0.2, 0) is 21.4 Å². The molecule has 8 heteroatoms. The van der Waals surface area contributed by atoms with E-state index in [0.29, 0.717) is 11.5 Å². The molecule has 136 valence electrons. The minimum atomic E-state index is -3.84. The quantitative estimate of drug-likeness (QED) is 0.744. The number of hydrogen-bond acceptors (Lipinski definition) is 5. The van der Waals surface area contributed by atoms with Gasteiger partial charge in [-0.3, -0.25) is 4.79 Å². The maximum Gasteiger partial charge on any atom is 0.241 e. The Hall–Kier alpha value is -2.32. The molecule has 0 aliphatic rings. The van der Waals surface area contributed by atoms with Crippen molar-refractivity contribution in [2.45, 2.75) is 31.3 Å². The number of ether oxygens (including phenoxy) is 1. The molecule has 0 aliphatic carbocycles. The molecule has 0 saturated heterocycles. The molecule has 0 saturated carbocycles. The molecule has 1 amide bonds. The second kappa shape index (κ2) is 8.17. The molecule has 2 N–H and O–H groups in total. The van der Waals surface area contributed by atoms with Crippen LogP contribution in [0.25, 0.3) is 0 Å². The third-order valence-corrected chi connectivity index (χ3v) is 5.07. The van der Waals surface area contributed by atoms with Crippen molar-refractivity contribution in [2.24, 2.45) is 5.92 Å². The van der Waals surface area contributed by atoms with Crippen LogP contribution in [0.15, 0.2) is 52.0 Å². The first-order chi connectivity index (χ1) is 11.8. The predicted octanol–water partition coefficient (Wildman–Crippen LogP) is 1.91. The van der Waals surface area contributed by atoms with E-state index in [9.17, 15) is 13.2 Å². The number of hydrogen-bond donors (Lipinski definition) is 2. The molecule has 0 unspecified atom stereocenters. The summed E-state index contributed by atoms with van der Waals surface area (Å²) >= 11 is 0. The van der Waals surface area contributed by atoms with Crippen molar-refractivity contribution in [3.05, 3.63) is 48.4 Å². The van der Waals surface area contributed by atoms with E-state index in [1.807, 2.05) is 0 Å². The van der Waals surface area contributed by atoms with Crippen molar-refractivity contribution in [1.82, 2.24) is 10.0 Å². The van der Waals surface area contributed by atoms with Gasteiger partial charge in [0.05, 0.1) is 24.8 Å². The Morgan fingerprint density at radius 2 is 1.88 bits per heavy atom. The van der Waals surface area contributed by atoms with E-state index in [1.165, 1.54) is 25.5 Å². The van der Waals surface area contributed by atoms with Crippen molar-refractivity contribution in [1.29, 1.82) is 0 Å². The molecule has 7 nitrogen and oxygen atoms in total. The maximum atomic E-state index is 12.5. The summed E-state index contributed by atoms with van der Waals surface area (Å²) in [6.45, 7) is 3.74. The van der Waals surface area contributed by atoms with Gasteiger partial charge in [-0.1, -0.05) is 13.8 Å².